The van der Waals surface area contributed by atoms with Gasteiger partial charge < -0.3 is 16.8 Å². The number of nitrogens with two attached hydrogens (primary N) is 2. The predicted molar refractivity (Wildman–Crippen MR) is 86.6 cm³/mol. The van der Waals surface area contributed by atoms with E-state index in [1.165, 1.54) is 11.3 Å². The zero-order valence-corrected chi connectivity index (χ0v) is 13.3. The fraction of sp³-hybridized carbons (Fsp3) is 0.286. The second-order valence-corrected chi connectivity index (χ2v) is 6.90. The minimum atomic E-state index is -0.815. The summed E-state index contributed by atoms with van der Waals surface area (Å²) in [5, 5.41) is 4.01. The molecule has 0 spiro atoms. The predicted octanol–water partition coefficient (Wildman–Crippen LogP) is 2.38. The highest BCUT2D eigenvalue weighted by Gasteiger charge is 2.26. The van der Waals surface area contributed by atoms with Crippen LogP contribution >= 0.6 is 22.9 Å². The van der Waals surface area contributed by atoms with Gasteiger partial charge in [-0.05, 0) is 32.0 Å². The van der Waals surface area contributed by atoms with Crippen LogP contribution in [0.15, 0.2) is 18.2 Å². The first-order chi connectivity index (χ1) is 9.72. The molecule has 1 aromatic carbocycles. The fourth-order valence-corrected chi connectivity index (χ4v) is 2.92. The number of amides is 2. The standard InChI is InChI=1S/C14H16ClN3O2S/c1-14(2,13(17)20)6-18-12(19)11-10(16)8-5-7(15)3-4-9(8)21-11/h3-5H,6,16H2,1-2H3,(H2,17,20)(H,18,19). The molecule has 0 aliphatic heterocycles. The number of benzene rings is 1. The molecule has 0 radical (unpaired) electrons. The van der Waals surface area contributed by atoms with Crippen molar-refractivity contribution in [3.8, 4) is 0 Å². The molecule has 2 amide bonds. The molecular formula is C14H16ClN3O2S. The van der Waals surface area contributed by atoms with Crippen LogP contribution in [0.3, 0.4) is 0 Å². The summed E-state index contributed by atoms with van der Waals surface area (Å²) in [6.07, 6.45) is 0. The third kappa shape index (κ3) is 3.11. The summed E-state index contributed by atoms with van der Waals surface area (Å²) in [6, 6.07) is 5.30. The molecule has 5 N–H and O–H groups in total. The van der Waals surface area contributed by atoms with Gasteiger partial charge in [-0.15, -0.1) is 11.3 Å². The number of nitrogens with one attached hydrogen (secondary N) is 1. The third-order valence-corrected chi connectivity index (χ3v) is 4.67. The molecule has 0 fully saturated rings. The maximum absolute atomic E-state index is 12.2. The first kappa shape index (κ1) is 15.6. The van der Waals surface area contributed by atoms with Crippen LogP contribution in [0, 0.1) is 5.41 Å². The summed E-state index contributed by atoms with van der Waals surface area (Å²) in [7, 11) is 0. The lowest BCUT2D eigenvalue weighted by Gasteiger charge is -2.20. The number of rotatable bonds is 4. The van der Waals surface area contributed by atoms with Gasteiger partial charge in [-0.2, -0.15) is 0 Å². The lowest BCUT2D eigenvalue weighted by molar-refractivity contribution is -0.125. The highest BCUT2D eigenvalue weighted by molar-refractivity contribution is 7.21. The molecule has 0 aliphatic rings. The molecule has 2 aromatic rings. The lowest BCUT2D eigenvalue weighted by atomic mass is 9.93. The molecule has 5 nitrogen and oxygen atoms in total. The monoisotopic (exact) mass is 325 g/mol. The van der Waals surface area contributed by atoms with Gasteiger partial charge in [0, 0.05) is 21.7 Å². The number of anilines is 1. The Bertz CT molecular complexity index is 724. The number of primary amides is 1. The molecule has 1 heterocycles. The minimum Gasteiger partial charge on any atom is -0.397 e. The average Bonchev–Trinajstić information content (AvgIpc) is 2.73. The number of carbonyl (C=O) groups excluding carboxylic acids is 2. The Hall–Kier alpha value is -1.79. The van der Waals surface area contributed by atoms with Crippen molar-refractivity contribution in [1.82, 2.24) is 5.32 Å². The molecule has 0 unspecified atom stereocenters. The molecule has 0 saturated carbocycles. The highest BCUT2D eigenvalue weighted by Crippen LogP contribution is 2.35. The third-order valence-electron chi connectivity index (χ3n) is 3.25. The molecule has 0 atom stereocenters. The molecule has 0 saturated heterocycles. The van der Waals surface area contributed by atoms with Crippen LogP contribution in [0.4, 0.5) is 5.69 Å². The molecule has 1 aromatic heterocycles. The first-order valence-corrected chi connectivity index (χ1v) is 7.47. The van der Waals surface area contributed by atoms with E-state index in [1.807, 2.05) is 6.07 Å². The molecule has 0 aliphatic carbocycles. The largest absolute Gasteiger partial charge is 0.397 e. The minimum absolute atomic E-state index is 0.148. The Morgan fingerprint density at radius 2 is 2.05 bits per heavy atom. The summed E-state index contributed by atoms with van der Waals surface area (Å²) < 4.78 is 0.885. The summed E-state index contributed by atoms with van der Waals surface area (Å²) in [5.74, 6) is -0.793. The van der Waals surface area contributed by atoms with Gasteiger partial charge in [-0.1, -0.05) is 11.6 Å². The van der Waals surface area contributed by atoms with Gasteiger partial charge in [-0.3, -0.25) is 9.59 Å². The van der Waals surface area contributed by atoms with Gasteiger partial charge in [0.1, 0.15) is 4.88 Å². The van der Waals surface area contributed by atoms with Crippen molar-refractivity contribution in [2.75, 3.05) is 12.3 Å². The SMILES string of the molecule is CC(C)(CNC(=O)c1sc2ccc(Cl)cc2c1N)C(N)=O. The van der Waals surface area contributed by atoms with Gasteiger partial charge in [0.05, 0.1) is 11.1 Å². The quantitative estimate of drug-likeness (QED) is 0.804. The number of nitrogen functional groups attached to an aromatic ring is 1. The molecule has 2 rings (SSSR count). The van der Waals surface area contributed by atoms with Crippen molar-refractivity contribution in [1.29, 1.82) is 0 Å². The zero-order chi connectivity index (χ0) is 15.8. The van der Waals surface area contributed by atoms with E-state index in [2.05, 4.69) is 5.32 Å². The number of hydrogen-bond acceptors (Lipinski definition) is 4. The van der Waals surface area contributed by atoms with Crippen LogP contribution in [-0.4, -0.2) is 18.4 Å². The maximum Gasteiger partial charge on any atom is 0.263 e. The molecule has 21 heavy (non-hydrogen) atoms. The number of fused-ring (bicyclic) bond motifs is 1. The normalized spacial score (nSPS) is 11.6. The first-order valence-electron chi connectivity index (χ1n) is 6.28. The summed E-state index contributed by atoms with van der Waals surface area (Å²) in [4.78, 5) is 23.9. The summed E-state index contributed by atoms with van der Waals surface area (Å²) in [6.45, 7) is 3.49. The van der Waals surface area contributed by atoms with Gasteiger partial charge >= 0.3 is 0 Å². The van der Waals surface area contributed by atoms with Crippen LogP contribution in [0.5, 0.6) is 0 Å². The Morgan fingerprint density at radius 3 is 2.67 bits per heavy atom. The van der Waals surface area contributed by atoms with E-state index in [1.54, 1.807) is 26.0 Å². The van der Waals surface area contributed by atoms with Gasteiger partial charge in [0.15, 0.2) is 0 Å². The van der Waals surface area contributed by atoms with Crippen LogP contribution < -0.4 is 16.8 Å². The van der Waals surface area contributed by atoms with Crippen molar-refractivity contribution < 1.29 is 9.59 Å². The zero-order valence-electron chi connectivity index (χ0n) is 11.7. The summed E-state index contributed by atoms with van der Waals surface area (Å²) in [5.41, 5.74) is 10.9. The van der Waals surface area contributed by atoms with E-state index in [0.29, 0.717) is 15.6 Å². The Morgan fingerprint density at radius 1 is 1.38 bits per heavy atom. The molecular weight excluding hydrogens is 310 g/mol. The van der Waals surface area contributed by atoms with E-state index in [9.17, 15) is 9.59 Å². The van der Waals surface area contributed by atoms with Gasteiger partial charge in [-0.25, -0.2) is 0 Å². The van der Waals surface area contributed by atoms with Crippen LogP contribution in [0.25, 0.3) is 10.1 Å². The van der Waals surface area contributed by atoms with E-state index in [-0.39, 0.29) is 12.5 Å². The van der Waals surface area contributed by atoms with Gasteiger partial charge in [0.2, 0.25) is 5.91 Å². The molecule has 0 bridgehead atoms. The number of halogens is 1. The Balaban J connectivity index is 2.24. The average molecular weight is 326 g/mol. The molecule has 112 valence electrons. The topological polar surface area (TPSA) is 98.2 Å². The number of hydrogen-bond donors (Lipinski definition) is 3. The second-order valence-electron chi connectivity index (χ2n) is 5.42. The van der Waals surface area contributed by atoms with Crippen molar-refractivity contribution in [3.05, 3.63) is 28.1 Å². The fourth-order valence-electron chi connectivity index (χ4n) is 1.73. The Labute approximate surface area is 131 Å². The van der Waals surface area contributed by atoms with Crippen molar-refractivity contribution in [3.63, 3.8) is 0 Å². The number of carbonyl (C=O) groups is 2. The van der Waals surface area contributed by atoms with Crippen LogP contribution in [0.1, 0.15) is 23.5 Å². The number of thiophene rings is 1. The lowest BCUT2D eigenvalue weighted by Crippen LogP contribution is -2.42. The molecule has 7 heteroatoms. The van der Waals surface area contributed by atoms with Crippen molar-refractivity contribution in [2.24, 2.45) is 11.1 Å². The Kier molecular flexibility index (Phi) is 4.11. The van der Waals surface area contributed by atoms with Crippen molar-refractivity contribution in [2.45, 2.75) is 13.8 Å². The van der Waals surface area contributed by atoms with Gasteiger partial charge in [0.25, 0.3) is 5.91 Å². The smallest absolute Gasteiger partial charge is 0.263 e. The maximum atomic E-state index is 12.2. The van der Waals surface area contributed by atoms with E-state index < -0.39 is 11.3 Å². The van der Waals surface area contributed by atoms with E-state index in [0.717, 1.165) is 10.1 Å². The van der Waals surface area contributed by atoms with Crippen molar-refractivity contribution >= 4 is 50.5 Å². The highest BCUT2D eigenvalue weighted by atomic mass is 35.5. The van der Waals surface area contributed by atoms with Crippen LogP contribution in [-0.2, 0) is 4.79 Å². The van der Waals surface area contributed by atoms with Crippen LogP contribution in [0.2, 0.25) is 5.02 Å². The van der Waals surface area contributed by atoms with E-state index >= 15 is 0 Å². The second kappa shape index (κ2) is 5.54. The summed E-state index contributed by atoms with van der Waals surface area (Å²) >= 11 is 7.22. The van der Waals surface area contributed by atoms with E-state index in [4.69, 9.17) is 23.1 Å².